The van der Waals surface area contributed by atoms with Crippen molar-refractivity contribution >= 4 is 16.8 Å². The normalized spacial score (nSPS) is 10.7. The molecule has 0 radical (unpaired) electrons. The van der Waals surface area contributed by atoms with Crippen molar-refractivity contribution < 1.29 is 18.7 Å². The molecule has 3 rings (SSSR count). The van der Waals surface area contributed by atoms with Gasteiger partial charge in [0.1, 0.15) is 19.0 Å². The SMILES string of the molecule is COc1ccccc1OCCN(C)C(=O)Cn1cnc2ccc(F)cc2c1=O. The number of carbonyl (C=O) groups excluding carboxylic acids is 1. The molecular formula is C20H20FN3O4. The van der Waals surface area contributed by atoms with Crippen molar-refractivity contribution in [3.63, 3.8) is 0 Å². The first-order valence-corrected chi connectivity index (χ1v) is 8.64. The van der Waals surface area contributed by atoms with Crippen molar-refractivity contribution in [2.75, 3.05) is 27.3 Å². The van der Waals surface area contributed by atoms with Gasteiger partial charge in [-0.1, -0.05) is 12.1 Å². The minimum Gasteiger partial charge on any atom is -0.493 e. The number of likely N-dealkylation sites (N-methyl/N-ethyl adjacent to an activating group) is 1. The molecule has 28 heavy (non-hydrogen) atoms. The van der Waals surface area contributed by atoms with Crippen LogP contribution in [0.25, 0.3) is 10.9 Å². The molecule has 0 N–H and O–H groups in total. The van der Waals surface area contributed by atoms with Gasteiger partial charge in [0.15, 0.2) is 11.5 Å². The number of fused-ring (bicyclic) bond motifs is 1. The lowest BCUT2D eigenvalue weighted by Gasteiger charge is -2.18. The molecule has 0 atom stereocenters. The zero-order valence-corrected chi connectivity index (χ0v) is 15.6. The van der Waals surface area contributed by atoms with E-state index in [1.807, 2.05) is 12.1 Å². The summed E-state index contributed by atoms with van der Waals surface area (Å²) in [6, 6.07) is 11.0. The van der Waals surface area contributed by atoms with Crippen molar-refractivity contribution in [2.45, 2.75) is 6.54 Å². The second kappa shape index (κ2) is 8.51. The third kappa shape index (κ3) is 4.28. The summed E-state index contributed by atoms with van der Waals surface area (Å²) >= 11 is 0. The van der Waals surface area contributed by atoms with Crippen LogP contribution in [0.5, 0.6) is 11.5 Å². The lowest BCUT2D eigenvalue weighted by Crippen LogP contribution is -2.36. The molecule has 7 nitrogen and oxygen atoms in total. The number of halogens is 1. The third-order valence-electron chi connectivity index (χ3n) is 4.27. The van der Waals surface area contributed by atoms with E-state index in [2.05, 4.69) is 4.98 Å². The Kier molecular flexibility index (Phi) is 5.88. The molecule has 1 heterocycles. The lowest BCUT2D eigenvalue weighted by molar-refractivity contribution is -0.130. The highest BCUT2D eigenvalue weighted by Gasteiger charge is 2.13. The predicted molar refractivity (Wildman–Crippen MR) is 102 cm³/mol. The first-order chi connectivity index (χ1) is 13.5. The van der Waals surface area contributed by atoms with Crippen LogP contribution in [0, 0.1) is 5.82 Å². The Bertz CT molecular complexity index is 1050. The van der Waals surface area contributed by atoms with Crippen LogP contribution < -0.4 is 15.0 Å². The molecule has 0 saturated carbocycles. The zero-order chi connectivity index (χ0) is 20.1. The number of benzene rings is 2. The summed E-state index contributed by atoms with van der Waals surface area (Å²) in [6.45, 7) is 0.392. The van der Waals surface area contributed by atoms with Gasteiger partial charge in [0, 0.05) is 7.05 Å². The van der Waals surface area contributed by atoms with Gasteiger partial charge in [-0.2, -0.15) is 0 Å². The molecule has 8 heteroatoms. The van der Waals surface area contributed by atoms with Crippen LogP contribution in [0.3, 0.4) is 0 Å². The Morgan fingerprint density at radius 2 is 1.96 bits per heavy atom. The number of amides is 1. The number of ether oxygens (including phenoxy) is 2. The summed E-state index contributed by atoms with van der Waals surface area (Å²) < 4.78 is 25.4. The van der Waals surface area contributed by atoms with E-state index in [-0.39, 0.29) is 24.4 Å². The van der Waals surface area contributed by atoms with Crippen LogP contribution in [-0.4, -0.2) is 47.7 Å². The molecule has 146 valence electrons. The maximum absolute atomic E-state index is 13.4. The standard InChI is InChI=1S/C20H20FN3O4/c1-23(9-10-28-18-6-4-3-5-17(18)27-2)19(25)12-24-13-22-16-8-7-14(21)11-15(16)20(24)26/h3-8,11,13H,9-10,12H2,1-2H3. The first-order valence-electron chi connectivity index (χ1n) is 8.64. The van der Waals surface area contributed by atoms with E-state index in [0.717, 1.165) is 6.07 Å². The summed E-state index contributed by atoms with van der Waals surface area (Å²) in [5.74, 6) is 0.379. The molecule has 0 spiro atoms. The monoisotopic (exact) mass is 385 g/mol. The van der Waals surface area contributed by atoms with E-state index in [4.69, 9.17) is 9.47 Å². The van der Waals surface area contributed by atoms with Gasteiger partial charge in [0.05, 0.1) is 30.9 Å². The molecule has 2 aromatic carbocycles. The average molecular weight is 385 g/mol. The van der Waals surface area contributed by atoms with Crippen LogP contribution in [0.4, 0.5) is 4.39 Å². The predicted octanol–water partition coefficient (Wildman–Crippen LogP) is 2.08. The van der Waals surface area contributed by atoms with Crippen LogP contribution in [0.15, 0.2) is 53.6 Å². The molecule has 0 aliphatic heterocycles. The number of hydrogen-bond acceptors (Lipinski definition) is 5. The smallest absolute Gasteiger partial charge is 0.261 e. The topological polar surface area (TPSA) is 73.7 Å². The molecular weight excluding hydrogens is 365 g/mol. The fourth-order valence-corrected chi connectivity index (χ4v) is 2.67. The van der Waals surface area contributed by atoms with Gasteiger partial charge in [-0.15, -0.1) is 0 Å². The van der Waals surface area contributed by atoms with E-state index in [1.54, 1.807) is 26.3 Å². The molecule has 1 amide bonds. The minimum absolute atomic E-state index is 0.137. The molecule has 0 aliphatic carbocycles. The van der Waals surface area contributed by atoms with Gasteiger partial charge in [-0.25, -0.2) is 9.37 Å². The van der Waals surface area contributed by atoms with Crippen molar-refractivity contribution in [3.05, 3.63) is 65.0 Å². The number of hydrogen-bond donors (Lipinski definition) is 0. The Morgan fingerprint density at radius 3 is 2.71 bits per heavy atom. The van der Waals surface area contributed by atoms with Crippen molar-refractivity contribution in [1.82, 2.24) is 14.5 Å². The third-order valence-corrected chi connectivity index (χ3v) is 4.27. The largest absolute Gasteiger partial charge is 0.493 e. The van der Waals surface area contributed by atoms with Crippen LogP contribution in [0.2, 0.25) is 0 Å². The molecule has 0 bridgehead atoms. The number of aromatic nitrogens is 2. The van der Waals surface area contributed by atoms with Gasteiger partial charge in [0.2, 0.25) is 5.91 Å². The fraction of sp³-hybridized carbons (Fsp3) is 0.250. The number of methoxy groups -OCH3 is 1. The Balaban J connectivity index is 1.62. The number of rotatable bonds is 7. The minimum atomic E-state index is -0.527. The molecule has 3 aromatic rings. The zero-order valence-electron chi connectivity index (χ0n) is 15.6. The second-order valence-electron chi connectivity index (χ2n) is 6.15. The summed E-state index contributed by atoms with van der Waals surface area (Å²) in [5.41, 5.74) is -0.0785. The van der Waals surface area contributed by atoms with Gasteiger partial charge in [0.25, 0.3) is 5.56 Å². The number of para-hydroxylation sites is 2. The highest BCUT2D eigenvalue weighted by atomic mass is 19.1. The first kappa shape index (κ1) is 19.3. The molecule has 0 aliphatic rings. The van der Waals surface area contributed by atoms with E-state index >= 15 is 0 Å². The Labute approximate surface area is 160 Å². The molecule has 0 unspecified atom stereocenters. The molecule has 0 saturated heterocycles. The number of nitrogens with zero attached hydrogens (tertiary/aromatic N) is 3. The van der Waals surface area contributed by atoms with E-state index in [1.165, 1.54) is 27.9 Å². The van der Waals surface area contributed by atoms with Crippen LogP contribution >= 0.6 is 0 Å². The van der Waals surface area contributed by atoms with Crippen molar-refractivity contribution in [3.8, 4) is 11.5 Å². The summed E-state index contributed by atoms with van der Waals surface area (Å²) in [4.78, 5) is 30.4. The van der Waals surface area contributed by atoms with Gasteiger partial charge in [-0.05, 0) is 30.3 Å². The molecule has 0 fully saturated rings. The maximum Gasteiger partial charge on any atom is 0.261 e. The van der Waals surface area contributed by atoms with Crippen LogP contribution in [0.1, 0.15) is 0 Å². The van der Waals surface area contributed by atoms with E-state index < -0.39 is 11.4 Å². The van der Waals surface area contributed by atoms with Gasteiger partial charge >= 0.3 is 0 Å². The fourth-order valence-electron chi connectivity index (χ4n) is 2.67. The van der Waals surface area contributed by atoms with Gasteiger partial charge < -0.3 is 14.4 Å². The van der Waals surface area contributed by atoms with E-state index in [9.17, 15) is 14.0 Å². The number of carbonyl (C=O) groups is 1. The molecule has 1 aromatic heterocycles. The summed E-state index contributed by atoms with van der Waals surface area (Å²) in [6.07, 6.45) is 1.29. The second-order valence-corrected chi connectivity index (χ2v) is 6.15. The highest BCUT2D eigenvalue weighted by Crippen LogP contribution is 2.25. The lowest BCUT2D eigenvalue weighted by atomic mass is 10.2. The highest BCUT2D eigenvalue weighted by molar-refractivity contribution is 5.79. The van der Waals surface area contributed by atoms with Crippen molar-refractivity contribution in [1.29, 1.82) is 0 Å². The maximum atomic E-state index is 13.4. The quantitative estimate of drug-likeness (QED) is 0.623. The summed E-state index contributed by atoms with van der Waals surface area (Å²) in [7, 11) is 3.17. The van der Waals surface area contributed by atoms with Crippen LogP contribution in [-0.2, 0) is 11.3 Å². The van der Waals surface area contributed by atoms with E-state index in [0.29, 0.717) is 23.6 Å². The Morgan fingerprint density at radius 1 is 1.21 bits per heavy atom. The van der Waals surface area contributed by atoms with Crippen molar-refractivity contribution in [2.24, 2.45) is 0 Å². The average Bonchev–Trinajstić information content (AvgIpc) is 2.70. The Hall–Kier alpha value is -3.42. The van der Waals surface area contributed by atoms with Gasteiger partial charge in [-0.3, -0.25) is 14.2 Å². The summed E-state index contributed by atoms with van der Waals surface area (Å²) in [5, 5.41) is 0.137.